The molecule has 0 unspecified atom stereocenters. The summed E-state index contributed by atoms with van der Waals surface area (Å²) in [5, 5.41) is 9.23. The normalized spacial score (nSPS) is 8.67. The molecule has 6 heavy (non-hydrogen) atoms. The fourth-order valence-electron chi connectivity index (χ4n) is 0.174. The predicted molar refractivity (Wildman–Crippen MR) is 19.3 cm³/mol. The number of nitrogens with one attached hydrogen (secondary N) is 1. The Balaban J connectivity index is 3.05. The van der Waals surface area contributed by atoms with E-state index >= 15 is 0 Å². The van der Waals surface area contributed by atoms with E-state index in [9.17, 15) is 0 Å². The molecule has 0 atom stereocenters. The van der Waals surface area contributed by atoms with Crippen molar-refractivity contribution >= 4 is 12.8 Å². The van der Waals surface area contributed by atoms with E-state index in [0.29, 0.717) is 0 Å². The summed E-state index contributed by atoms with van der Waals surface area (Å²) in [6.45, 7) is 0. The lowest BCUT2D eigenvalue weighted by atomic mass is 11.4. The number of nitrogens with zero attached hydrogens (tertiary/aromatic N) is 3. The monoisotopic (exact) mass is 102 g/mol. The fourth-order valence-corrected chi connectivity index (χ4v) is 0.263. The molecule has 0 radical (unpaired) electrons. The molecule has 4 nitrogen and oxygen atoms in total. The molecule has 32 valence electrons. The Morgan fingerprint density at radius 3 is 2.83 bits per heavy atom. The van der Waals surface area contributed by atoms with Gasteiger partial charge in [0.05, 0.1) is 5.10 Å². The van der Waals surface area contributed by atoms with Crippen LogP contribution >= 0.6 is 0 Å². The molecular weight excluding hydrogens is 100 g/mol. The molecule has 0 saturated carbocycles. The molecule has 0 aromatic carbocycles. The highest BCUT2D eigenvalue weighted by Crippen LogP contribution is 1.42. The van der Waals surface area contributed by atoms with Crippen LogP contribution in [-0.4, -0.2) is 15.4 Å². The summed E-state index contributed by atoms with van der Waals surface area (Å²) in [5.74, 6) is 0. The Bertz CT molecular complexity index is 111. The minimum Gasteiger partial charge on any atom is -0.501 e. The smallest absolute Gasteiger partial charge is 0.268 e. The van der Waals surface area contributed by atoms with E-state index in [4.69, 9.17) is 0 Å². The van der Waals surface area contributed by atoms with E-state index in [1.165, 1.54) is 6.33 Å². The van der Waals surface area contributed by atoms with Gasteiger partial charge in [-0.3, -0.25) is 0 Å². The van der Waals surface area contributed by atoms with Crippen LogP contribution in [0.5, 0.6) is 0 Å². The lowest BCUT2D eigenvalue weighted by Gasteiger charge is -1.80. The maximum Gasteiger partial charge on any atom is 0.268 e. The van der Waals surface area contributed by atoms with Crippen LogP contribution in [0.4, 0.5) is 0 Å². The minimum atomic E-state index is 1.10. The molecule has 0 spiro atoms. The first-order valence-corrected chi connectivity index (χ1v) is 1.72. The van der Waals surface area contributed by atoms with Gasteiger partial charge in [0, 0.05) is 0 Å². The second kappa shape index (κ2) is 1.17. The third kappa shape index (κ3) is 0.436. The first-order valence-electron chi connectivity index (χ1n) is 1.35. The molecule has 0 bridgehead atoms. The van der Waals surface area contributed by atoms with Gasteiger partial charge in [-0.1, -0.05) is 0 Å². The van der Waals surface area contributed by atoms with Gasteiger partial charge in [-0.2, -0.15) is 9.30 Å². The minimum absolute atomic E-state index is 1.10. The molecule has 1 rings (SSSR count). The Labute approximate surface area is 39.7 Å². The zero-order valence-corrected chi connectivity index (χ0v) is 3.64. The first-order chi connectivity index (χ1) is 2.89. The van der Waals surface area contributed by atoms with Crippen LogP contribution in [0.15, 0.2) is 6.33 Å². The zero-order valence-electron chi connectivity index (χ0n) is 2.83. The first kappa shape index (κ1) is 3.48. The summed E-state index contributed by atoms with van der Waals surface area (Å²) < 4.78 is 1.10. The Kier molecular flexibility index (Phi) is 0.681. The van der Waals surface area contributed by atoms with Gasteiger partial charge in [-0.25, -0.2) is 0 Å². The largest absolute Gasteiger partial charge is 0.501 e. The summed E-state index contributed by atoms with van der Waals surface area (Å²) in [6.07, 6.45) is 1.41. The van der Waals surface area contributed by atoms with Crippen LogP contribution in [-0.2, 0) is 12.8 Å². The summed E-state index contributed by atoms with van der Waals surface area (Å²) in [7, 11) is 0. The number of hydrogen-bond acceptors (Lipinski definition) is 3. The maximum absolute atomic E-state index is 4.43. The Hall–Kier alpha value is -0.710. The van der Waals surface area contributed by atoms with Gasteiger partial charge in [0.25, 0.3) is 6.33 Å². The molecule has 1 N–H and O–H groups in total. The molecule has 0 aliphatic heterocycles. The molecule has 1 heterocycles. The van der Waals surface area contributed by atoms with Crippen molar-refractivity contribution in [3.63, 3.8) is 0 Å². The van der Waals surface area contributed by atoms with Gasteiger partial charge in [0.2, 0.25) is 0 Å². The molecule has 1 aromatic rings. The Morgan fingerprint density at radius 1 is 1.83 bits per heavy atom. The van der Waals surface area contributed by atoms with E-state index in [1.807, 2.05) is 0 Å². The molecule has 0 aliphatic rings. The highest BCUT2D eigenvalue weighted by Gasteiger charge is 1.76. The van der Waals surface area contributed by atoms with Crippen LogP contribution in [0.1, 0.15) is 0 Å². The molecule has 0 saturated heterocycles. The summed E-state index contributed by atoms with van der Waals surface area (Å²) in [4.78, 5) is 0. The summed E-state index contributed by atoms with van der Waals surface area (Å²) in [5.41, 5.74) is 0. The van der Waals surface area contributed by atoms with Crippen molar-refractivity contribution in [3.8, 4) is 0 Å². The number of aromatic nitrogens is 4. The van der Waals surface area contributed by atoms with Crippen molar-refractivity contribution < 1.29 is 4.20 Å². The Morgan fingerprint density at radius 2 is 2.67 bits per heavy atom. The van der Waals surface area contributed by atoms with Crippen molar-refractivity contribution in [1.29, 1.82) is 0 Å². The van der Waals surface area contributed by atoms with Crippen molar-refractivity contribution in [3.05, 3.63) is 6.33 Å². The SMILES string of the molecule is [S-][n+]1nnc[nH]1. The third-order valence-corrected chi connectivity index (χ3v) is 0.537. The third-order valence-electron chi connectivity index (χ3n) is 0.359. The number of tetrazole rings is 1. The van der Waals surface area contributed by atoms with Gasteiger partial charge in [0.1, 0.15) is 5.21 Å². The highest BCUT2D eigenvalue weighted by atomic mass is 32.1. The number of rotatable bonds is 0. The number of H-pyrrole nitrogens is 1. The average Bonchev–Trinajstić information content (AvgIpc) is 1.86. The fraction of sp³-hybridized carbons (Fsp3) is 0. The van der Waals surface area contributed by atoms with Gasteiger partial charge >= 0.3 is 0 Å². The van der Waals surface area contributed by atoms with Gasteiger partial charge in [-0.05, 0) is 0 Å². The molecular formula is CH2N4S. The molecule has 0 aliphatic carbocycles. The topological polar surface area (TPSA) is 45.5 Å². The van der Waals surface area contributed by atoms with Crippen LogP contribution in [0.2, 0.25) is 0 Å². The highest BCUT2D eigenvalue weighted by molar-refractivity contribution is 7.50. The lowest BCUT2D eigenvalue weighted by Crippen LogP contribution is -2.31. The second-order valence-electron chi connectivity index (χ2n) is 0.736. The average molecular weight is 102 g/mol. The van der Waals surface area contributed by atoms with Crippen LogP contribution < -0.4 is 4.20 Å². The van der Waals surface area contributed by atoms with Gasteiger partial charge < -0.3 is 12.8 Å². The van der Waals surface area contributed by atoms with E-state index in [-0.39, 0.29) is 0 Å². The number of aromatic amines is 1. The van der Waals surface area contributed by atoms with Crippen molar-refractivity contribution in [1.82, 2.24) is 15.4 Å². The van der Waals surface area contributed by atoms with E-state index in [2.05, 4.69) is 28.2 Å². The zero-order chi connectivity index (χ0) is 4.41. The summed E-state index contributed by atoms with van der Waals surface area (Å²) >= 11 is 4.43. The molecule has 5 heteroatoms. The molecule has 0 fully saturated rings. The second-order valence-corrected chi connectivity index (χ2v) is 1.08. The molecule has 1 aromatic heterocycles. The lowest BCUT2D eigenvalue weighted by molar-refractivity contribution is -0.625. The summed E-state index contributed by atoms with van der Waals surface area (Å²) in [6, 6.07) is 0. The van der Waals surface area contributed by atoms with Crippen molar-refractivity contribution in [2.45, 2.75) is 0 Å². The maximum atomic E-state index is 4.43. The van der Waals surface area contributed by atoms with Crippen LogP contribution in [0.3, 0.4) is 0 Å². The molecule has 0 amide bonds. The van der Waals surface area contributed by atoms with E-state index in [1.54, 1.807) is 0 Å². The van der Waals surface area contributed by atoms with Crippen LogP contribution in [0, 0.1) is 0 Å². The van der Waals surface area contributed by atoms with Crippen LogP contribution in [0.25, 0.3) is 0 Å². The van der Waals surface area contributed by atoms with Crippen molar-refractivity contribution in [2.24, 2.45) is 0 Å². The quantitative estimate of drug-likeness (QED) is 0.317. The predicted octanol–water partition coefficient (Wildman–Crippen LogP) is -1.60. The van der Waals surface area contributed by atoms with Gasteiger partial charge in [0.15, 0.2) is 0 Å². The van der Waals surface area contributed by atoms with E-state index in [0.717, 1.165) is 4.20 Å². The van der Waals surface area contributed by atoms with Crippen molar-refractivity contribution in [2.75, 3.05) is 0 Å². The number of hydrogen-bond donors (Lipinski definition) is 1. The van der Waals surface area contributed by atoms with Gasteiger partial charge in [-0.15, -0.1) is 0 Å². The standard InChI is InChI=1S/CH2N4S/c6-5-3-1-2-4-5/h1H,(H,2,3,4). The van der Waals surface area contributed by atoms with E-state index < -0.39 is 0 Å².